The Labute approximate surface area is 197 Å². The third-order valence-corrected chi connectivity index (χ3v) is 5.37. The number of aromatic amines is 1. The maximum Gasteiger partial charge on any atom is 0.330 e. The molecule has 1 aromatic carbocycles. The van der Waals surface area contributed by atoms with Gasteiger partial charge in [-0.25, -0.2) is 4.79 Å². The molecule has 33 heavy (non-hydrogen) atoms. The van der Waals surface area contributed by atoms with Gasteiger partial charge >= 0.3 is 5.69 Å². The molecule has 1 heterocycles. The van der Waals surface area contributed by atoms with Crippen molar-refractivity contribution in [2.45, 2.75) is 39.7 Å². The van der Waals surface area contributed by atoms with Gasteiger partial charge < -0.3 is 20.9 Å². The van der Waals surface area contributed by atoms with E-state index >= 15 is 0 Å². The van der Waals surface area contributed by atoms with E-state index in [4.69, 9.17) is 17.3 Å². The first-order valence-electron chi connectivity index (χ1n) is 10.8. The van der Waals surface area contributed by atoms with Crippen molar-refractivity contribution < 1.29 is 9.59 Å². The van der Waals surface area contributed by atoms with Crippen LogP contribution < -0.4 is 27.2 Å². The molecule has 11 heteroatoms. The Morgan fingerprint density at radius 3 is 2.48 bits per heavy atom. The number of unbranched alkanes of at least 4 members (excludes halogenated alkanes) is 1. The van der Waals surface area contributed by atoms with E-state index in [1.165, 1.54) is 16.5 Å². The minimum absolute atomic E-state index is 0.0255. The predicted octanol–water partition coefficient (Wildman–Crippen LogP) is 1.89. The zero-order valence-corrected chi connectivity index (χ0v) is 19.9. The molecule has 2 amide bonds. The van der Waals surface area contributed by atoms with Crippen LogP contribution in [0.25, 0.3) is 0 Å². The van der Waals surface area contributed by atoms with E-state index < -0.39 is 17.2 Å². The van der Waals surface area contributed by atoms with E-state index in [1.807, 2.05) is 13.8 Å². The van der Waals surface area contributed by atoms with Crippen molar-refractivity contribution in [3.63, 3.8) is 0 Å². The fraction of sp³-hybridized carbons (Fsp3) is 0.455. The van der Waals surface area contributed by atoms with Gasteiger partial charge in [0.2, 0.25) is 11.8 Å². The molecule has 2 rings (SSSR count). The highest BCUT2D eigenvalue weighted by atomic mass is 35.5. The van der Waals surface area contributed by atoms with Crippen LogP contribution in [0.5, 0.6) is 0 Å². The number of nitrogens with zero attached hydrogens (tertiary/aromatic N) is 3. The maximum absolute atomic E-state index is 12.9. The number of nitrogens with one attached hydrogen (secondary N) is 2. The Morgan fingerprint density at radius 2 is 1.85 bits per heavy atom. The van der Waals surface area contributed by atoms with E-state index in [0.717, 1.165) is 6.42 Å². The molecule has 10 nitrogen and oxygen atoms in total. The number of nitrogens with two attached hydrogens (primary N) is 1. The molecule has 0 aliphatic carbocycles. The fourth-order valence-corrected chi connectivity index (χ4v) is 3.48. The number of hydrogen-bond acceptors (Lipinski definition) is 6. The molecule has 0 bridgehead atoms. The number of likely N-dealkylation sites (N-methyl/N-ethyl adjacent to an activating group) is 1. The van der Waals surface area contributed by atoms with Crippen LogP contribution in [0.4, 0.5) is 17.2 Å². The molecule has 0 saturated carbocycles. The maximum atomic E-state index is 12.9. The summed E-state index contributed by atoms with van der Waals surface area (Å²) < 4.78 is 1.31. The Balaban J connectivity index is 2.18. The van der Waals surface area contributed by atoms with Crippen LogP contribution in [-0.2, 0) is 16.1 Å². The van der Waals surface area contributed by atoms with E-state index in [9.17, 15) is 19.2 Å². The fourth-order valence-electron chi connectivity index (χ4n) is 3.30. The van der Waals surface area contributed by atoms with Gasteiger partial charge in [0.05, 0.1) is 23.8 Å². The van der Waals surface area contributed by atoms with Crippen molar-refractivity contribution in [3.8, 4) is 0 Å². The molecular formula is C22H31ClN6O4. The van der Waals surface area contributed by atoms with Crippen molar-refractivity contribution in [3.05, 3.63) is 50.1 Å². The van der Waals surface area contributed by atoms with Crippen LogP contribution in [0.1, 0.15) is 33.1 Å². The van der Waals surface area contributed by atoms with Crippen molar-refractivity contribution in [1.29, 1.82) is 0 Å². The van der Waals surface area contributed by atoms with Crippen LogP contribution in [0.2, 0.25) is 5.02 Å². The normalized spacial score (nSPS) is 10.7. The number of hydrogen-bond donors (Lipinski definition) is 3. The number of para-hydroxylation sites is 1. The third-order valence-electron chi connectivity index (χ3n) is 5.04. The summed E-state index contributed by atoms with van der Waals surface area (Å²) in [5, 5.41) is 3.06. The zero-order valence-electron chi connectivity index (χ0n) is 19.2. The lowest BCUT2D eigenvalue weighted by molar-refractivity contribution is -0.132. The van der Waals surface area contributed by atoms with E-state index in [2.05, 4.69) is 10.3 Å². The lowest BCUT2D eigenvalue weighted by Crippen LogP contribution is -2.45. The molecule has 0 unspecified atom stereocenters. The van der Waals surface area contributed by atoms with Gasteiger partial charge in [-0.1, -0.05) is 44.0 Å². The summed E-state index contributed by atoms with van der Waals surface area (Å²) in [5.74, 6) is -0.771. The van der Waals surface area contributed by atoms with Gasteiger partial charge in [0, 0.05) is 20.1 Å². The number of rotatable bonds is 11. The smallest absolute Gasteiger partial charge is 0.330 e. The SMILES string of the molecule is CCCCn1c(N)c(N(CCC)CC(=O)N(C)CC(=O)Nc2ccccc2Cl)c(=O)[nH]c1=O. The first-order valence-corrected chi connectivity index (χ1v) is 11.2. The van der Waals surface area contributed by atoms with Gasteiger partial charge in [0.15, 0.2) is 0 Å². The zero-order chi connectivity index (χ0) is 24.5. The second-order valence-corrected chi connectivity index (χ2v) is 8.10. The second kappa shape index (κ2) is 12.1. The molecule has 0 aliphatic rings. The van der Waals surface area contributed by atoms with Gasteiger partial charge in [0.1, 0.15) is 11.5 Å². The lowest BCUT2D eigenvalue weighted by Gasteiger charge is -2.27. The topological polar surface area (TPSA) is 134 Å². The number of H-pyrrole nitrogens is 1. The van der Waals surface area contributed by atoms with Gasteiger partial charge in [-0.05, 0) is 25.0 Å². The quantitative estimate of drug-likeness (QED) is 0.451. The molecule has 180 valence electrons. The largest absolute Gasteiger partial charge is 0.383 e. The molecule has 4 N–H and O–H groups in total. The number of carbonyl (C=O) groups is 2. The number of anilines is 3. The molecule has 0 saturated heterocycles. The van der Waals surface area contributed by atoms with Crippen molar-refractivity contribution >= 4 is 40.6 Å². The Morgan fingerprint density at radius 1 is 1.15 bits per heavy atom. The number of benzene rings is 1. The van der Waals surface area contributed by atoms with Crippen LogP contribution in [-0.4, -0.2) is 52.9 Å². The van der Waals surface area contributed by atoms with Crippen molar-refractivity contribution in [2.75, 3.05) is 42.6 Å². The number of aromatic nitrogens is 2. The molecule has 0 atom stereocenters. The van der Waals surface area contributed by atoms with Crippen LogP contribution >= 0.6 is 11.6 Å². The number of amides is 2. The van der Waals surface area contributed by atoms with Gasteiger partial charge in [-0.15, -0.1) is 0 Å². The van der Waals surface area contributed by atoms with E-state index in [1.54, 1.807) is 29.2 Å². The van der Waals surface area contributed by atoms with E-state index in [-0.39, 0.29) is 30.5 Å². The molecule has 1 aromatic heterocycles. The minimum Gasteiger partial charge on any atom is -0.383 e. The lowest BCUT2D eigenvalue weighted by atomic mass is 10.3. The molecule has 0 spiro atoms. The van der Waals surface area contributed by atoms with Gasteiger partial charge in [-0.2, -0.15) is 0 Å². The summed E-state index contributed by atoms with van der Waals surface area (Å²) in [6.45, 7) is 4.23. The highest BCUT2D eigenvalue weighted by Crippen LogP contribution is 2.20. The highest BCUT2D eigenvalue weighted by molar-refractivity contribution is 6.33. The Kier molecular flexibility index (Phi) is 9.53. The molecule has 0 radical (unpaired) electrons. The minimum atomic E-state index is -0.648. The van der Waals surface area contributed by atoms with E-state index in [0.29, 0.717) is 36.6 Å². The number of carbonyl (C=O) groups excluding carboxylic acids is 2. The summed E-state index contributed by atoms with van der Waals surface area (Å²) in [6, 6.07) is 6.79. The van der Waals surface area contributed by atoms with Crippen LogP contribution in [0, 0.1) is 0 Å². The number of nitrogen functional groups attached to an aromatic ring is 1. The van der Waals surface area contributed by atoms with Crippen LogP contribution in [0.15, 0.2) is 33.9 Å². The summed E-state index contributed by atoms with van der Waals surface area (Å²) in [4.78, 5) is 55.1. The van der Waals surface area contributed by atoms with Gasteiger partial charge in [-0.3, -0.25) is 23.9 Å². The first-order chi connectivity index (χ1) is 15.7. The summed E-state index contributed by atoms with van der Waals surface area (Å²) >= 11 is 6.05. The highest BCUT2D eigenvalue weighted by Gasteiger charge is 2.23. The average Bonchev–Trinajstić information content (AvgIpc) is 2.75. The molecule has 2 aromatic rings. The van der Waals surface area contributed by atoms with Crippen LogP contribution in [0.3, 0.4) is 0 Å². The summed E-state index contributed by atoms with van der Waals surface area (Å²) in [5.41, 5.74) is 5.49. The molecule has 0 aliphatic heterocycles. The monoisotopic (exact) mass is 478 g/mol. The van der Waals surface area contributed by atoms with Crippen molar-refractivity contribution in [2.24, 2.45) is 0 Å². The molecular weight excluding hydrogens is 448 g/mol. The molecule has 0 fully saturated rings. The first kappa shape index (κ1) is 26.0. The summed E-state index contributed by atoms with van der Waals surface area (Å²) in [6.07, 6.45) is 2.20. The second-order valence-electron chi connectivity index (χ2n) is 7.70. The standard InChI is InChI=1S/C22H31ClN6O4/c1-4-6-12-29-20(24)19(21(32)26-22(29)33)28(11-5-2)14-18(31)27(3)13-17(30)25-16-10-8-7-9-15(16)23/h7-10H,4-6,11-14,24H2,1-3H3,(H,25,30)(H,26,32,33). The Bertz CT molecular complexity index is 1100. The average molecular weight is 479 g/mol. The van der Waals surface area contributed by atoms with Crippen molar-refractivity contribution in [1.82, 2.24) is 14.5 Å². The Hall–Kier alpha value is -3.27. The number of halogens is 1. The predicted molar refractivity (Wildman–Crippen MR) is 131 cm³/mol. The third kappa shape index (κ3) is 6.85. The summed E-state index contributed by atoms with van der Waals surface area (Å²) in [7, 11) is 1.49. The van der Waals surface area contributed by atoms with Gasteiger partial charge in [0.25, 0.3) is 5.56 Å².